The lowest BCUT2D eigenvalue weighted by Gasteiger charge is -2.25. The summed E-state index contributed by atoms with van der Waals surface area (Å²) in [6, 6.07) is 68.5. The Balaban J connectivity index is 0.816. The topological polar surface area (TPSA) is 159 Å². The largest absolute Gasteiger partial charge is 0.491 e. The molecule has 2 aromatic heterocycles. The van der Waals surface area contributed by atoms with Gasteiger partial charge < -0.3 is 28.9 Å². The SMILES string of the molecule is c1ccc(CN2CCC[C@H]2COc2cccc3c2-c2nc4nc(nc5[nH]c([nH]c6nc(nc-3n2)-c2c(OC[C@@H]3CCCN3Cc3ccccc3)cccc2-6)c2c(OC[C@@H]3CCCN3Cc3ccccc3)cccc52)-c2c(OC[C@@H]3CCCN3Cc3ccccc3)cccc2-4)cc1. The van der Waals surface area contributed by atoms with Crippen molar-refractivity contribution in [2.24, 2.45) is 0 Å². The molecular formula is C80H78N12O4. The van der Waals surface area contributed by atoms with Gasteiger partial charge in [-0.05, 0) is 124 Å². The number of hydrogen-bond acceptors (Lipinski definition) is 14. The highest BCUT2D eigenvalue weighted by Gasteiger charge is 2.34. The highest BCUT2D eigenvalue weighted by molar-refractivity contribution is 6.08. The average molecular weight is 1270 g/mol. The summed E-state index contributed by atoms with van der Waals surface area (Å²) in [6.07, 6.45) is 8.59. The first-order valence-electron chi connectivity index (χ1n) is 34.5. The monoisotopic (exact) mass is 1270 g/mol. The average Bonchev–Trinajstić information content (AvgIpc) is 1.60. The molecule has 0 radical (unpaired) electrons. The van der Waals surface area contributed by atoms with Gasteiger partial charge in [0.25, 0.3) is 0 Å². The summed E-state index contributed by atoms with van der Waals surface area (Å²) in [5, 5.41) is 1.69. The molecule has 9 heterocycles. The third kappa shape index (κ3) is 12.2. The molecule has 0 aliphatic carbocycles. The fraction of sp³-hybridized carbons (Fsp3) is 0.300. The normalized spacial score (nSPS) is 18.9. The number of nitrogens with one attached hydrogen (secondary N) is 2. The van der Waals surface area contributed by atoms with Crippen molar-refractivity contribution in [3.8, 4) is 91.3 Å². The van der Waals surface area contributed by atoms with E-state index in [1.54, 1.807) is 0 Å². The molecule has 17 rings (SSSR count). The second-order valence-electron chi connectivity index (χ2n) is 26.6. The molecular weight excluding hydrogens is 1190 g/mol. The molecule has 0 saturated carbocycles. The van der Waals surface area contributed by atoms with Gasteiger partial charge in [-0.1, -0.05) is 170 Å². The van der Waals surface area contributed by atoms with Crippen molar-refractivity contribution in [2.75, 3.05) is 52.6 Å². The van der Waals surface area contributed by atoms with E-state index in [4.69, 9.17) is 48.9 Å². The van der Waals surface area contributed by atoms with Crippen LogP contribution in [0.1, 0.15) is 73.6 Å². The van der Waals surface area contributed by atoms with Gasteiger partial charge in [0.15, 0.2) is 29.1 Å². The maximum Gasteiger partial charge on any atom is 0.168 e. The molecule has 482 valence electrons. The van der Waals surface area contributed by atoms with Crippen LogP contribution in [0.4, 0.5) is 0 Å². The number of fused-ring (bicyclic) bond motifs is 20. The first kappa shape index (κ1) is 59.9. The number of hydrogen-bond donors (Lipinski definition) is 2. The highest BCUT2D eigenvalue weighted by Crippen LogP contribution is 2.47. The van der Waals surface area contributed by atoms with Crippen molar-refractivity contribution >= 4 is 22.1 Å². The minimum Gasteiger partial charge on any atom is -0.491 e. The minimum absolute atomic E-state index is 0.217. The number of aromatic nitrogens is 8. The first-order valence-corrected chi connectivity index (χ1v) is 34.5. The number of H-pyrrole nitrogens is 2. The van der Waals surface area contributed by atoms with Crippen LogP contribution in [-0.2, 0) is 26.2 Å². The summed E-state index contributed by atoms with van der Waals surface area (Å²) in [5.41, 5.74) is 11.1. The minimum atomic E-state index is 0.217. The molecule has 8 aromatic carbocycles. The second kappa shape index (κ2) is 26.8. The zero-order chi connectivity index (χ0) is 63.7. The zero-order valence-electron chi connectivity index (χ0n) is 54.0. The second-order valence-corrected chi connectivity index (χ2v) is 26.6. The van der Waals surface area contributed by atoms with Crippen LogP contribution >= 0.6 is 0 Å². The number of benzene rings is 8. The molecule has 96 heavy (non-hydrogen) atoms. The van der Waals surface area contributed by atoms with E-state index >= 15 is 0 Å². The summed E-state index contributed by atoms with van der Waals surface area (Å²) in [5.74, 6) is 5.64. The zero-order valence-corrected chi connectivity index (χ0v) is 54.0. The molecule has 16 heteroatoms. The maximum atomic E-state index is 7.10. The Bertz CT molecular complexity index is 4660. The molecule has 4 atom stereocenters. The van der Waals surface area contributed by atoms with Gasteiger partial charge in [-0.15, -0.1) is 0 Å². The van der Waals surface area contributed by atoms with E-state index in [-0.39, 0.29) is 24.2 Å². The van der Waals surface area contributed by atoms with Crippen molar-refractivity contribution in [2.45, 2.75) is 102 Å². The Hall–Kier alpha value is -9.84. The van der Waals surface area contributed by atoms with Crippen molar-refractivity contribution in [1.82, 2.24) is 59.5 Å². The van der Waals surface area contributed by atoms with Crippen molar-refractivity contribution < 1.29 is 18.9 Å². The van der Waals surface area contributed by atoms with Gasteiger partial charge in [-0.25, -0.2) is 29.9 Å². The summed E-state index contributed by atoms with van der Waals surface area (Å²) < 4.78 is 28.3. The van der Waals surface area contributed by atoms with Crippen LogP contribution in [-0.4, -0.2) is 136 Å². The Morgan fingerprint density at radius 3 is 1.08 bits per heavy atom. The summed E-state index contributed by atoms with van der Waals surface area (Å²) >= 11 is 0. The van der Waals surface area contributed by atoms with Crippen LogP contribution < -0.4 is 18.9 Å². The Morgan fingerprint density at radius 1 is 0.323 bits per heavy atom. The van der Waals surface area contributed by atoms with Gasteiger partial charge in [-0.2, -0.15) is 0 Å². The quantitative estimate of drug-likeness (QED) is 0.0742. The number of nitrogens with zero attached hydrogens (tertiary/aromatic N) is 10. The van der Waals surface area contributed by atoms with E-state index in [2.05, 4.69) is 193 Å². The predicted octanol–water partition coefficient (Wildman–Crippen LogP) is 14.9. The standard InChI is InChI=1S/C80H78N12O4/c1-5-21-53(22-6-1)45-89-41-17-29-57(89)49-93-65-37-13-33-61-69(65)77-81-73(61)86-78-71-63(35-15-39-67(71)95-51-59-31-19-43-91(59)47-55-25-9-3-10-26-55)75(83-78)88-80-72-64(36-16-40-68(72)96-52-60-32-20-44-92(60)48-56-27-11-4-12-28-56)76(84-80)87-79-70-62(74(82-79)85-77)34-14-38-66(70)94-50-58-30-18-42-90(58)46-54-23-7-2-8-24-54/h1-16,21-28,33-40,57-60H,17-20,29-32,41-52H2,(H2,81,82,83,84,85,86,87,88)/t57-,58-,59-,60-/m0/s1. The lowest BCUT2D eigenvalue weighted by atomic mass is 10.1. The third-order valence-electron chi connectivity index (χ3n) is 20.4. The van der Waals surface area contributed by atoms with Crippen LogP contribution in [0.5, 0.6) is 23.0 Å². The van der Waals surface area contributed by atoms with Gasteiger partial charge in [0.1, 0.15) is 66.5 Å². The van der Waals surface area contributed by atoms with E-state index in [1.165, 1.54) is 22.3 Å². The summed E-state index contributed by atoms with van der Waals surface area (Å²) in [4.78, 5) is 50.9. The lowest BCUT2D eigenvalue weighted by Crippen LogP contribution is -2.33. The van der Waals surface area contributed by atoms with Crippen molar-refractivity contribution in [1.29, 1.82) is 0 Å². The molecule has 2 N–H and O–H groups in total. The van der Waals surface area contributed by atoms with Gasteiger partial charge in [0.2, 0.25) is 0 Å². The molecule has 4 saturated heterocycles. The van der Waals surface area contributed by atoms with Crippen LogP contribution in [0.15, 0.2) is 194 Å². The molecule has 0 spiro atoms. The molecule has 0 amide bonds. The van der Waals surface area contributed by atoms with Crippen LogP contribution in [0.3, 0.4) is 0 Å². The van der Waals surface area contributed by atoms with E-state index < -0.39 is 0 Å². The predicted molar refractivity (Wildman–Crippen MR) is 376 cm³/mol. The number of rotatable bonds is 20. The Morgan fingerprint density at radius 2 is 0.667 bits per heavy atom. The van der Waals surface area contributed by atoms with Gasteiger partial charge in [-0.3, -0.25) is 19.6 Å². The molecule has 7 aliphatic rings. The number of ether oxygens (including phenoxy) is 4. The molecule has 0 unspecified atom stereocenters. The number of likely N-dealkylation sites (tertiary alicyclic amines) is 4. The van der Waals surface area contributed by atoms with Crippen molar-refractivity contribution in [3.63, 3.8) is 0 Å². The first-order chi connectivity index (χ1) is 47.5. The third-order valence-corrected chi connectivity index (χ3v) is 20.4. The van der Waals surface area contributed by atoms with Gasteiger partial charge in [0.05, 0.1) is 22.1 Å². The Labute approximate surface area is 559 Å². The van der Waals surface area contributed by atoms with E-state index in [1.807, 2.05) is 30.3 Å². The smallest absolute Gasteiger partial charge is 0.168 e. The molecule has 7 aliphatic heterocycles. The fourth-order valence-corrected chi connectivity index (χ4v) is 15.5. The molecule has 10 aromatic rings. The van der Waals surface area contributed by atoms with Crippen molar-refractivity contribution in [3.05, 3.63) is 216 Å². The summed E-state index contributed by atoms with van der Waals surface area (Å²) in [6.45, 7) is 9.52. The van der Waals surface area contributed by atoms with Gasteiger partial charge >= 0.3 is 0 Å². The van der Waals surface area contributed by atoms with Crippen LogP contribution in [0.2, 0.25) is 0 Å². The lowest BCUT2D eigenvalue weighted by molar-refractivity contribution is 0.167. The van der Waals surface area contributed by atoms with Crippen LogP contribution in [0.25, 0.3) is 90.4 Å². The van der Waals surface area contributed by atoms with E-state index in [0.717, 1.165) is 154 Å². The maximum absolute atomic E-state index is 7.10. The highest BCUT2D eigenvalue weighted by atomic mass is 16.5. The van der Waals surface area contributed by atoms with E-state index in [0.29, 0.717) is 89.9 Å². The summed E-state index contributed by atoms with van der Waals surface area (Å²) in [7, 11) is 0. The van der Waals surface area contributed by atoms with Gasteiger partial charge in [0, 0.05) is 72.4 Å². The molecule has 16 nitrogen and oxygen atoms in total. The Kier molecular flexibility index (Phi) is 16.7. The fourth-order valence-electron chi connectivity index (χ4n) is 15.5. The molecule has 8 bridgehead atoms. The number of aromatic amines is 2. The van der Waals surface area contributed by atoms with Crippen LogP contribution in [0, 0.1) is 0 Å². The van der Waals surface area contributed by atoms with E-state index in [9.17, 15) is 0 Å². The molecule has 4 fully saturated rings.